The fourth-order valence-corrected chi connectivity index (χ4v) is 3.84. The lowest BCUT2D eigenvalue weighted by atomic mass is 9.90. The van der Waals surface area contributed by atoms with Crippen molar-refractivity contribution in [3.8, 4) is 11.3 Å². The molecule has 1 N–H and O–H groups in total. The van der Waals surface area contributed by atoms with Crippen molar-refractivity contribution >= 4 is 28.2 Å². The molecule has 1 aliphatic rings. The number of hydrogen-bond donors (Lipinski definition) is 1. The van der Waals surface area contributed by atoms with Crippen molar-refractivity contribution in [2.75, 3.05) is 25.5 Å². The van der Waals surface area contributed by atoms with Crippen LogP contribution in [0.1, 0.15) is 25.5 Å². The fraction of sp³-hybridized carbons (Fsp3) is 0.348. The van der Waals surface area contributed by atoms with Crippen LogP contribution >= 0.6 is 0 Å². The SMILES string of the molecule is CC(=O)Nc1cncc(-c2cc3cc(CC(=O)C4CCN(C)CC4)ncc3cn2)c1. The lowest BCUT2D eigenvalue weighted by Gasteiger charge is -2.27. The molecule has 0 spiro atoms. The molecule has 30 heavy (non-hydrogen) atoms. The molecule has 3 aromatic heterocycles. The van der Waals surface area contributed by atoms with Crippen LogP contribution in [0.3, 0.4) is 0 Å². The highest BCUT2D eigenvalue weighted by molar-refractivity contribution is 5.90. The van der Waals surface area contributed by atoms with Gasteiger partial charge in [0.25, 0.3) is 0 Å². The summed E-state index contributed by atoms with van der Waals surface area (Å²) in [5, 5.41) is 4.63. The van der Waals surface area contributed by atoms with Gasteiger partial charge in [0.05, 0.1) is 17.6 Å². The quantitative estimate of drug-likeness (QED) is 0.704. The Hall–Kier alpha value is -3.19. The topological polar surface area (TPSA) is 88.1 Å². The molecule has 0 unspecified atom stereocenters. The molecule has 4 rings (SSSR count). The van der Waals surface area contributed by atoms with Crippen LogP contribution in [-0.4, -0.2) is 51.7 Å². The van der Waals surface area contributed by atoms with E-state index in [1.807, 2.05) is 18.2 Å². The van der Waals surface area contributed by atoms with E-state index in [4.69, 9.17) is 0 Å². The highest BCUT2D eigenvalue weighted by atomic mass is 16.1. The number of fused-ring (bicyclic) bond motifs is 1. The first-order valence-electron chi connectivity index (χ1n) is 10.2. The highest BCUT2D eigenvalue weighted by Gasteiger charge is 2.23. The van der Waals surface area contributed by atoms with Gasteiger partial charge in [0.2, 0.25) is 5.91 Å². The third kappa shape index (κ3) is 4.68. The molecule has 1 amide bonds. The first kappa shape index (κ1) is 20.1. The van der Waals surface area contributed by atoms with Crippen molar-refractivity contribution in [2.45, 2.75) is 26.2 Å². The van der Waals surface area contributed by atoms with Crippen molar-refractivity contribution in [2.24, 2.45) is 5.92 Å². The number of piperidine rings is 1. The number of nitrogens with one attached hydrogen (secondary N) is 1. The summed E-state index contributed by atoms with van der Waals surface area (Å²) >= 11 is 0. The number of nitrogens with zero attached hydrogens (tertiary/aromatic N) is 4. The van der Waals surface area contributed by atoms with Crippen LogP contribution in [0.25, 0.3) is 22.0 Å². The molecule has 0 radical (unpaired) electrons. The normalized spacial score (nSPS) is 15.3. The molecule has 4 heterocycles. The van der Waals surface area contributed by atoms with Gasteiger partial charge >= 0.3 is 0 Å². The minimum absolute atomic E-state index is 0.134. The monoisotopic (exact) mass is 403 g/mol. The molecule has 154 valence electrons. The highest BCUT2D eigenvalue weighted by Crippen LogP contribution is 2.24. The molecular weight excluding hydrogens is 378 g/mol. The first-order valence-corrected chi connectivity index (χ1v) is 10.2. The van der Waals surface area contributed by atoms with E-state index in [0.29, 0.717) is 12.1 Å². The molecule has 0 bridgehead atoms. The maximum absolute atomic E-state index is 12.7. The molecule has 0 aromatic carbocycles. The van der Waals surface area contributed by atoms with E-state index in [2.05, 4.69) is 32.2 Å². The van der Waals surface area contributed by atoms with Gasteiger partial charge in [0.15, 0.2) is 0 Å². The summed E-state index contributed by atoms with van der Waals surface area (Å²) in [6, 6.07) is 5.78. The van der Waals surface area contributed by atoms with Crippen LogP contribution in [-0.2, 0) is 16.0 Å². The second-order valence-corrected chi connectivity index (χ2v) is 7.96. The van der Waals surface area contributed by atoms with E-state index in [0.717, 1.165) is 53.7 Å². The number of anilines is 1. The van der Waals surface area contributed by atoms with Crippen LogP contribution in [0.5, 0.6) is 0 Å². The average molecular weight is 403 g/mol. The van der Waals surface area contributed by atoms with Crippen molar-refractivity contribution in [1.82, 2.24) is 19.9 Å². The third-order valence-electron chi connectivity index (χ3n) is 5.54. The van der Waals surface area contributed by atoms with E-state index in [1.54, 1.807) is 24.8 Å². The van der Waals surface area contributed by atoms with Gasteiger partial charge in [-0.15, -0.1) is 0 Å². The number of amides is 1. The van der Waals surface area contributed by atoms with Crippen molar-refractivity contribution < 1.29 is 9.59 Å². The largest absolute Gasteiger partial charge is 0.325 e. The molecule has 7 nitrogen and oxygen atoms in total. The van der Waals surface area contributed by atoms with E-state index in [9.17, 15) is 9.59 Å². The summed E-state index contributed by atoms with van der Waals surface area (Å²) in [5.41, 5.74) is 2.97. The van der Waals surface area contributed by atoms with E-state index in [-0.39, 0.29) is 17.6 Å². The Morgan fingerprint density at radius 2 is 1.80 bits per heavy atom. The third-order valence-corrected chi connectivity index (χ3v) is 5.54. The lowest BCUT2D eigenvalue weighted by Crippen LogP contribution is -2.34. The minimum atomic E-state index is -0.148. The number of carbonyl (C=O) groups excluding carboxylic acids is 2. The zero-order chi connectivity index (χ0) is 21.1. The first-order chi connectivity index (χ1) is 14.5. The second kappa shape index (κ2) is 8.67. The van der Waals surface area contributed by atoms with Crippen LogP contribution in [0.4, 0.5) is 5.69 Å². The summed E-state index contributed by atoms with van der Waals surface area (Å²) in [6.07, 6.45) is 9.07. The smallest absolute Gasteiger partial charge is 0.221 e. The molecule has 1 aliphatic heterocycles. The van der Waals surface area contributed by atoms with Gasteiger partial charge in [0.1, 0.15) is 5.78 Å². The Balaban J connectivity index is 1.55. The average Bonchev–Trinajstić information content (AvgIpc) is 2.73. The summed E-state index contributed by atoms with van der Waals surface area (Å²) in [7, 11) is 2.10. The summed E-state index contributed by atoms with van der Waals surface area (Å²) in [4.78, 5) is 39.4. The van der Waals surface area contributed by atoms with Crippen molar-refractivity contribution in [1.29, 1.82) is 0 Å². The minimum Gasteiger partial charge on any atom is -0.325 e. The number of aromatic nitrogens is 3. The maximum Gasteiger partial charge on any atom is 0.221 e. The van der Waals surface area contributed by atoms with E-state index < -0.39 is 0 Å². The number of hydrogen-bond acceptors (Lipinski definition) is 6. The van der Waals surface area contributed by atoms with Gasteiger partial charge in [-0.05, 0) is 56.6 Å². The Morgan fingerprint density at radius 3 is 2.57 bits per heavy atom. The van der Waals surface area contributed by atoms with Crippen LogP contribution in [0.2, 0.25) is 0 Å². The standard InChI is InChI=1S/C23H25N5O2/c1-15(29)27-21-8-18(11-24-14-21)22-9-17-7-20(25-12-19(17)13-26-22)10-23(30)16-3-5-28(2)6-4-16/h7-9,11-14,16H,3-6,10H2,1-2H3,(H,27,29). The summed E-state index contributed by atoms with van der Waals surface area (Å²) in [5.74, 6) is 0.260. The van der Waals surface area contributed by atoms with Gasteiger partial charge in [-0.1, -0.05) is 0 Å². The van der Waals surface area contributed by atoms with Crippen LogP contribution in [0.15, 0.2) is 43.0 Å². The van der Waals surface area contributed by atoms with Gasteiger partial charge in [-0.2, -0.15) is 0 Å². The number of Topliss-reactive ketones (excluding diaryl/α,β-unsaturated/α-hetero) is 1. The zero-order valence-electron chi connectivity index (χ0n) is 17.3. The van der Waals surface area contributed by atoms with E-state index >= 15 is 0 Å². The fourth-order valence-electron chi connectivity index (χ4n) is 3.84. The molecule has 0 atom stereocenters. The number of likely N-dealkylation sites (tertiary alicyclic amines) is 1. The van der Waals surface area contributed by atoms with Gasteiger partial charge in [0, 0.05) is 54.5 Å². The van der Waals surface area contributed by atoms with E-state index in [1.165, 1.54) is 6.92 Å². The molecule has 7 heteroatoms. The molecule has 3 aromatic rings. The molecular formula is C23H25N5O2. The predicted octanol–water partition coefficient (Wildman–Crippen LogP) is 3.10. The Morgan fingerprint density at radius 1 is 1.03 bits per heavy atom. The maximum atomic E-state index is 12.7. The molecule has 0 saturated carbocycles. The summed E-state index contributed by atoms with van der Waals surface area (Å²) < 4.78 is 0. The number of ketones is 1. The Labute approximate surface area is 175 Å². The van der Waals surface area contributed by atoms with Crippen molar-refractivity contribution in [3.05, 3.63) is 48.7 Å². The second-order valence-electron chi connectivity index (χ2n) is 7.96. The Bertz CT molecular complexity index is 1090. The number of rotatable bonds is 5. The molecule has 1 saturated heterocycles. The van der Waals surface area contributed by atoms with Gasteiger partial charge < -0.3 is 10.2 Å². The molecule has 1 fully saturated rings. The molecule has 0 aliphatic carbocycles. The van der Waals surface area contributed by atoms with Gasteiger partial charge in [-0.3, -0.25) is 24.5 Å². The van der Waals surface area contributed by atoms with Crippen molar-refractivity contribution in [3.63, 3.8) is 0 Å². The Kier molecular flexibility index (Phi) is 5.81. The van der Waals surface area contributed by atoms with Crippen LogP contribution < -0.4 is 5.32 Å². The summed E-state index contributed by atoms with van der Waals surface area (Å²) in [6.45, 7) is 3.41. The number of carbonyl (C=O) groups is 2. The predicted molar refractivity (Wildman–Crippen MR) is 116 cm³/mol. The lowest BCUT2D eigenvalue weighted by molar-refractivity contribution is -0.123. The number of pyridine rings is 3. The van der Waals surface area contributed by atoms with Crippen LogP contribution in [0, 0.1) is 5.92 Å². The zero-order valence-corrected chi connectivity index (χ0v) is 17.3. The van der Waals surface area contributed by atoms with Gasteiger partial charge in [-0.25, -0.2) is 0 Å².